The lowest BCUT2D eigenvalue weighted by molar-refractivity contribution is 0.154. The van der Waals surface area contributed by atoms with E-state index in [1.165, 1.54) is 24.8 Å². The van der Waals surface area contributed by atoms with Crippen molar-refractivity contribution in [3.8, 4) is 5.75 Å². The number of nitrogens with one attached hydrogen (secondary N) is 1. The van der Waals surface area contributed by atoms with Gasteiger partial charge in [0.2, 0.25) is 0 Å². The van der Waals surface area contributed by atoms with Crippen LogP contribution in [0.15, 0.2) is 24.3 Å². The first-order valence-electron chi connectivity index (χ1n) is 8.25. The van der Waals surface area contributed by atoms with Crippen LogP contribution in [0.5, 0.6) is 5.75 Å². The van der Waals surface area contributed by atoms with Gasteiger partial charge in [0.15, 0.2) is 0 Å². The molecule has 0 heterocycles. The first-order valence-corrected chi connectivity index (χ1v) is 8.25. The highest BCUT2D eigenvalue weighted by Crippen LogP contribution is 2.24. The Bertz CT molecular complexity index is 414. The second-order valence-electron chi connectivity index (χ2n) is 6.48. The number of ether oxygens (including phenoxy) is 1. The number of benzene rings is 1. The minimum absolute atomic E-state index is 0.157. The van der Waals surface area contributed by atoms with Gasteiger partial charge in [-0.05, 0) is 56.7 Å². The minimum atomic E-state index is -0.157. The highest BCUT2D eigenvalue weighted by atomic mass is 16.5. The summed E-state index contributed by atoms with van der Waals surface area (Å²) in [5, 5.41) is 13.1. The third kappa shape index (κ3) is 5.68. The molecule has 118 valence electrons. The topological polar surface area (TPSA) is 41.5 Å². The van der Waals surface area contributed by atoms with Crippen LogP contribution >= 0.6 is 0 Å². The average molecular weight is 291 g/mol. The second-order valence-corrected chi connectivity index (χ2v) is 6.48. The van der Waals surface area contributed by atoms with Gasteiger partial charge in [0.1, 0.15) is 5.75 Å². The van der Waals surface area contributed by atoms with Crippen molar-refractivity contribution >= 4 is 0 Å². The first-order chi connectivity index (χ1) is 10.1. The predicted molar refractivity (Wildman–Crippen MR) is 86.8 cm³/mol. The molecule has 1 atom stereocenters. The number of aryl methyl sites for hydroxylation is 1. The molecule has 0 spiro atoms. The minimum Gasteiger partial charge on any atom is -0.494 e. The summed E-state index contributed by atoms with van der Waals surface area (Å²) in [4.78, 5) is 0. The highest BCUT2D eigenvalue weighted by Gasteiger charge is 2.31. The Balaban J connectivity index is 1.68. The van der Waals surface area contributed by atoms with Crippen molar-refractivity contribution in [1.29, 1.82) is 0 Å². The van der Waals surface area contributed by atoms with Gasteiger partial charge < -0.3 is 15.2 Å². The Labute approximate surface area is 128 Å². The Hall–Kier alpha value is -1.06. The summed E-state index contributed by atoms with van der Waals surface area (Å²) in [5.74, 6) is 0.940. The van der Waals surface area contributed by atoms with E-state index in [-0.39, 0.29) is 12.1 Å². The van der Waals surface area contributed by atoms with E-state index >= 15 is 0 Å². The number of aliphatic hydroxyl groups excluding tert-OH is 1. The fourth-order valence-corrected chi connectivity index (χ4v) is 2.61. The zero-order valence-electron chi connectivity index (χ0n) is 13.4. The summed E-state index contributed by atoms with van der Waals surface area (Å²) in [7, 11) is 0. The van der Waals surface area contributed by atoms with E-state index in [0.717, 1.165) is 25.0 Å². The lowest BCUT2D eigenvalue weighted by Crippen LogP contribution is -2.47. The lowest BCUT2D eigenvalue weighted by atomic mass is 9.97. The smallest absolute Gasteiger partial charge is 0.119 e. The molecule has 1 aliphatic carbocycles. The summed E-state index contributed by atoms with van der Waals surface area (Å²) < 4.78 is 5.79. The summed E-state index contributed by atoms with van der Waals surface area (Å²) in [6.45, 7) is 5.19. The lowest BCUT2D eigenvalue weighted by Gasteiger charge is -2.29. The van der Waals surface area contributed by atoms with Gasteiger partial charge >= 0.3 is 0 Å². The highest BCUT2D eigenvalue weighted by molar-refractivity contribution is 5.27. The summed E-state index contributed by atoms with van der Waals surface area (Å²) in [5.41, 5.74) is 1.21. The molecule has 0 aliphatic heterocycles. The summed E-state index contributed by atoms with van der Waals surface area (Å²) in [6, 6.07) is 9.02. The maximum Gasteiger partial charge on any atom is 0.119 e. The van der Waals surface area contributed by atoms with Gasteiger partial charge in [0.25, 0.3) is 0 Å². The van der Waals surface area contributed by atoms with Crippen LogP contribution in [0.3, 0.4) is 0 Å². The maximum absolute atomic E-state index is 9.56. The monoisotopic (exact) mass is 291 g/mol. The van der Waals surface area contributed by atoms with E-state index < -0.39 is 0 Å². The Morgan fingerprint density at radius 3 is 2.57 bits per heavy atom. The van der Waals surface area contributed by atoms with Gasteiger partial charge in [-0.25, -0.2) is 0 Å². The zero-order valence-corrected chi connectivity index (χ0v) is 13.4. The fourth-order valence-electron chi connectivity index (χ4n) is 2.61. The Morgan fingerprint density at radius 2 is 2.00 bits per heavy atom. The van der Waals surface area contributed by atoms with E-state index in [4.69, 9.17) is 4.74 Å². The first kappa shape index (κ1) is 16.3. The third-order valence-corrected chi connectivity index (χ3v) is 4.08. The van der Waals surface area contributed by atoms with Crippen molar-refractivity contribution < 1.29 is 9.84 Å². The van der Waals surface area contributed by atoms with Crippen molar-refractivity contribution in [2.75, 3.05) is 13.2 Å². The molecule has 1 unspecified atom stereocenters. The zero-order chi connectivity index (χ0) is 15.1. The molecule has 0 bridgehead atoms. The van der Waals surface area contributed by atoms with Gasteiger partial charge in [-0.2, -0.15) is 0 Å². The molecule has 0 radical (unpaired) electrons. The van der Waals surface area contributed by atoms with Crippen molar-refractivity contribution in [3.05, 3.63) is 29.8 Å². The van der Waals surface area contributed by atoms with Gasteiger partial charge in [0, 0.05) is 11.6 Å². The molecule has 1 aromatic rings. The van der Waals surface area contributed by atoms with Crippen LogP contribution in [0, 0.1) is 0 Å². The molecule has 1 saturated carbocycles. The SMILES string of the molecule is CCCc1ccc(OCCCC(C)(CO)NC2CC2)cc1. The molecule has 0 amide bonds. The van der Waals surface area contributed by atoms with Crippen molar-refractivity contribution in [1.82, 2.24) is 5.32 Å². The molecular formula is C18H29NO2. The summed E-state index contributed by atoms with van der Waals surface area (Å²) in [6.07, 6.45) is 6.68. The standard InChI is InChI=1S/C18H29NO2/c1-3-5-15-6-10-17(11-7-15)21-13-4-12-18(2,14-20)19-16-8-9-16/h6-7,10-11,16,19-20H,3-5,8-9,12-14H2,1-2H3. The fraction of sp³-hybridized carbons (Fsp3) is 0.667. The molecule has 0 saturated heterocycles. The van der Waals surface area contributed by atoms with Gasteiger partial charge in [-0.3, -0.25) is 0 Å². The molecule has 1 aliphatic rings. The normalized spacial score (nSPS) is 17.5. The van der Waals surface area contributed by atoms with E-state index in [1.54, 1.807) is 0 Å². The predicted octanol–water partition coefficient (Wildman–Crippen LogP) is 3.30. The van der Waals surface area contributed by atoms with Crippen LogP contribution in [0.4, 0.5) is 0 Å². The Kier molecular flexibility index (Phi) is 6.07. The van der Waals surface area contributed by atoms with Crippen molar-refractivity contribution in [2.45, 2.75) is 64.0 Å². The Morgan fingerprint density at radius 1 is 1.29 bits per heavy atom. The van der Waals surface area contributed by atoms with E-state index in [2.05, 4.69) is 43.4 Å². The second kappa shape index (κ2) is 7.81. The molecule has 0 aromatic heterocycles. The molecule has 3 nitrogen and oxygen atoms in total. The van der Waals surface area contributed by atoms with E-state index in [9.17, 15) is 5.11 Å². The van der Waals surface area contributed by atoms with Crippen LogP contribution in [-0.2, 0) is 6.42 Å². The molecule has 2 rings (SSSR count). The van der Waals surface area contributed by atoms with Gasteiger partial charge in [-0.15, -0.1) is 0 Å². The quantitative estimate of drug-likeness (QED) is 0.650. The van der Waals surface area contributed by atoms with Crippen LogP contribution < -0.4 is 10.1 Å². The number of hydrogen-bond donors (Lipinski definition) is 2. The van der Waals surface area contributed by atoms with Crippen LogP contribution in [0.2, 0.25) is 0 Å². The molecule has 1 fully saturated rings. The molecule has 2 N–H and O–H groups in total. The van der Waals surface area contributed by atoms with Crippen molar-refractivity contribution in [2.24, 2.45) is 0 Å². The van der Waals surface area contributed by atoms with Crippen LogP contribution in [0.1, 0.15) is 51.5 Å². The van der Waals surface area contributed by atoms with Crippen molar-refractivity contribution in [3.63, 3.8) is 0 Å². The van der Waals surface area contributed by atoms with Crippen LogP contribution in [0.25, 0.3) is 0 Å². The average Bonchev–Trinajstić information content (AvgIpc) is 3.29. The third-order valence-electron chi connectivity index (χ3n) is 4.08. The molecule has 21 heavy (non-hydrogen) atoms. The van der Waals surface area contributed by atoms with Gasteiger partial charge in [0.05, 0.1) is 13.2 Å². The summed E-state index contributed by atoms with van der Waals surface area (Å²) >= 11 is 0. The number of hydrogen-bond acceptors (Lipinski definition) is 3. The largest absolute Gasteiger partial charge is 0.494 e. The molecule has 1 aromatic carbocycles. The number of aliphatic hydroxyl groups is 1. The maximum atomic E-state index is 9.56. The van der Waals surface area contributed by atoms with Crippen LogP contribution in [-0.4, -0.2) is 29.9 Å². The molecular weight excluding hydrogens is 262 g/mol. The van der Waals surface area contributed by atoms with E-state index in [1.807, 2.05) is 0 Å². The molecule has 3 heteroatoms. The number of rotatable bonds is 10. The van der Waals surface area contributed by atoms with Gasteiger partial charge in [-0.1, -0.05) is 25.5 Å². The van der Waals surface area contributed by atoms with E-state index in [0.29, 0.717) is 12.6 Å².